The molecule has 0 aliphatic rings. The van der Waals surface area contributed by atoms with E-state index in [9.17, 15) is 9.59 Å². The standard InChI is InChI=1S/C22H19N3O2S/c1-15(16-8-4-2-5-9-16)24-20(26)13-25-14-23-21-18(22(25)27)12-19(28-21)17-10-6-3-7-11-17/h2-12,14-15H,13H2,1H3,(H,24,26). The molecule has 0 radical (unpaired) electrons. The normalized spacial score (nSPS) is 12.0. The van der Waals surface area contributed by atoms with E-state index in [-0.39, 0.29) is 24.1 Å². The predicted molar refractivity (Wildman–Crippen MR) is 112 cm³/mol. The van der Waals surface area contributed by atoms with Crippen LogP contribution in [0, 0.1) is 0 Å². The quantitative estimate of drug-likeness (QED) is 0.561. The van der Waals surface area contributed by atoms with Gasteiger partial charge >= 0.3 is 0 Å². The molecular weight excluding hydrogens is 370 g/mol. The summed E-state index contributed by atoms with van der Waals surface area (Å²) >= 11 is 1.48. The molecule has 2 heterocycles. The van der Waals surface area contributed by atoms with E-state index in [2.05, 4.69) is 10.3 Å². The van der Waals surface area contributed by atoms with E-state index < -0.39 is 0 Å². The third-order valence-electron chi connectivity index (χ3n) is 4.57. The van der Waals surface area contributed by atoms with Crippen LogP contribution < -0.4 is 10.9 Å². The van der Waals surface area contributed by atoms with Crippen molar-refractivity contribution >= 4 is 27.5 Å². The number of nitrogens with one attached hydrogen (secondary N) is 1. The van der Waals surface area contributed by atoms with Crippen molar-refractivity contribution in [3.8, 4) is 10.4 Å². The molecule has 5 nitrogen and oxygen atoms in total. The number of benzene rings is 2. The zero-order chi connectivity index (χ0) is 19.5. The Hall–Kier alpha value is -3.25. The van der Waals surface area contributed by atoms with Crippen LogP contribution in [0.25, 0.3) is 20.7 Å². The molecule has 1 unspecified atom stereocenters. The van der Waals surface area contributed by atoms with Crippen LogP contribution in [0.15, 0.2) is 77.9 Å². The molecule has 2 aromatic carbocycles. The maximum atomic E-state index is 12.8. The first-order valence-electron chi connectivity index (χ1n) is 9.00. The number of nitrogens with zero attached hydrogens (tertiary/aromatic N) is 2. The Morgan fingerprint density at radius 2 is 1.79 bits per heavy atom. The van der Waals surface area contributed by atoms with Crippen molar-refractivity contribution < 1.29 is 4.79 Å². The zero-order valence-electron chi connectivity index (χ0n) is 15.3. The van der Waals surface area contributed by atoms with E-state index in [0.717, 1.165) is 16.0 Å². The second-order valence-corrected chi connectivity index (χ2v) is 7.60. The first kappa shape index (κ1) is 18.1. The number of fused-ring (bicyclic) bond motifs is 1. The molecule has 0 spiro atoms. The first-order valence-corrected chi connectivity index (χ1v) is 9.82. The van der Waals surface area contributed by atoms with Gasteiger partial charge in [-0.05, 0) is 24.1 Å². The molecule has 4 aromatic rings. The predicted octanol–water partition coefficient (Wildman–Crippen LogP) is 4.00. The van der Waals surface area contributed by atoms with Crippen molar-refractivity contribution in [2.75, 3.05) is 0 Å². The third kappa shape index (κ3) is 3.73. The van der Waals surface area contributed by atoms with Crippen molar-refractivity contribution in [3.05, 3.63) is 89.0 Å². The third-order valence-corrected chi connectivity index (χ3v) is 5.66. The number of carbonyl (C=O) groups excluding carboxylic acids is 1. The van der Waals surface area contributed by atoms with Crippen LogP contribution in [-0.4, -0.2) is 15.5 Å². The van der Waals surface area contributed by atoms with Gasteiger partial charge in [0.05, 0.1) is 17.8 Å². The molecule has 0 saturated heterocycles. The average molecular weight is 389 g/mol. The maximum absolute atomic E-state index is 12.8. The fourth-order valence-electron chi connectivity index (χ4n) is 3.08. The van der Waals surface area contributed by atoms with Gasteiger partial charge in [-0.25, -0.2) is 4.98 Å². The monoisotopic (exact) mass is 389 g/mol. The van der Waals surface area contributed by atoms with Gasteiger partial charge in [-0.15, -0.1) is 11.3 Å². The molecule has 28 heavy (non-hydrogen) atoms. The summed E-state index contributed by atoms with van der Waals surface area (Å²) in [7, 11) is 0. The summed E-state index contributed by atoms with van der Waals surface area (Å²) in [6.45, 7) is 1.86. The molecule has 0 saturated carbocycles. The summed E-state index contributed by atoms with van der Waals surface area (Å²) in [6, 6.07) is 21.3. The first-order chi connectivity index (χ1) is 13.6. The second kappa shape index (κ2) is 7.78. The summed E-state index contributed by atoms with van der Waals surface area (Å²) in [6.07, 6.45) is 1.45. The Balaban J connectivity index is 1.55. The lowest BCUT2D eigenvalue weighted by Crippen LogP contribution is -2.33. The number of hydrogen-bond donors (Lipinski definition) is 1. The lowest BCUT2D eigenvalue weighted by atomic mass is 10.1. The molecule has 0 fully saturated rings. The van der Waals surface area contributed by atoms with Gasteiger partial charge in [0.15, 0.2) is 0 Å². The lowest BCUT2D eigenvalue weighted by molar-refractivity contribution is -0.122. The highest BCUT2D eigenvalue weighted by Crippen LogP contribution is 2.30. The van der Waals surface area contributed by atoms with Gasteiger partial charge in [0.1, 0.15) is 11.4 Å². The highest BCUT2D eigenvalue weighted by molar-refractivity contribution is 7.21. The Bertz CT molecular complexity index is 1170. The zero-order valence-corrected chi connectivity index (χ0v) is 16.1. The summed E-state index contributed by atoms with van der Waals surface area (Å²) in [5, 5.41) is 3.46. The number of hydrogen-bond acceptors (Lipinski definition) is 4. The summed E-state index contributed by atoms with van der Waals surface area (Å²) in [5.74, 6) is -0.224. The van der Waals surface area contributed by atoms with Crippen molar-refractivity contribution in [2.45, 2.75) is 19.5 Å². The topological polar surface area (TPSA) is 64.0 Å². The highest BCUT2D eigenvalue weighted by atomic mass is 32.1. The van der Waals surface area contributed by atoms with Gasteiger partial charge in [-0.3, -0.25) is 14.2 Å². The van der Waals surface area contributed by atoms with Crippen LogP contribution >= 0.6 is 11.3 Å². The molecule has 2 aromatic heterocycles. The van der Waals surface area contributed by atoms with E-state index in [1.165, 1.54) is 22.2 Å². The Morgan fingerprint density at radius 1 is 1.11 bits per heavy atom. The van der Waals surface area contributed by atoms with Crippen LogP contribution in [0.4, 0.5) is 0 Å². The van der Waals surface area contributed by atoms with Gasteiger partial charge in [-0.2, -0.15) is 0 Å². The fraction of sp³-hybridized carbons (Fsp3) is 0.136. The summed E-state index contributed by atoms with van der Waals surface area (Å²) in [5.41, 5.74) is 1.86. The SMILES string of the molecule is CC(NC(=O)Cn1cnc2sc(-c3ccccc3)cc2c1=O)c1ccccc1. The summed E-state index contributed by atoms with van der Waals surface area (Å²) in [4.78, 5) is 31.3. The van der Waals surface area contributed by atoms with Crippen molar-refractivity contribution in [1.82, 2.24) is 14.9 Å². The minimum Gasteiger partial charge on any atom is -0.348 e. The van der Waals surface area contributed by atoms with Crippen LogP contribution in [0.2, 0.25) is 0 Å². The molecule has 1 amide bonds. The van der Waals surface area contributed by atoms with Crippen LogP contribution in [0.5, 0.6) is 0 Å². The van der Waals surface area contributed by atoms with Gasteiger partial charge in [0, 0.05) is 4.88 Å². The van der Waals surface area contributed by atoms with Gasteiger partial charge in [-0.1, -0.05) is 60.7 Å². The van der Waals surface area contributed by atoms with E-state index >= 15 is 0 Å². The smallest absolute Gasteiger partial charge is 0.262 e. The van der Waals surface area contributed by atoms with E-state index in [4.69, 9.17) is 0 Å². The Kier molecular flexibility index (Phi) is 5.04. The molecule has 0 aliphatic heterocycles. The van der Waals surface area contributed by atoms with Gasteiger partial charge in [0.2, 0.25) is 5.91 Å². The van der Waals surface area contributed by atoms with Crippen LogP contribution in [0.1, 0.15) is 18.5 Å². The Morgan fingerprint density at radius 3 is 2.50 bits per heavy atom. The minimum atomic E-state index is -0.224. The van der Waals surface area contributed by atoms with Crippen LogP contribution in [0.3, 0.4) is 0 Å². The largest absolute Gasteiger partial charge is 0.348 e. The van der Waals surface area contributed by atoms with E-state index in [1.54, 1.807) is 0 Å². The lowest BCUT2D eigenvalue weighted by Gasteiger charge is -2.14. The molecule has 1 N–H and O–H groups in total. The van der Waals surface area contributed by atoms with Gasteiger partial charge < -0.3 is 5.32 Å². The van der Waals surface area contributed by atoms with Crippen molar-refractivity contribution in [1.29, 1.82) is 0 Å². The van der Waals surface area contributed by atoms with Crippen molar-refractivity contribution in [3.63, 3.8) is 0 Å². The molecular formula is C22H19N3O2S. The van der Waals surface area contributed by atoms with E-state index in [1.807, 2.05) is 73.7 Å². The fourth-order valence-corrected chi connectivity index (χ4v) is 4.08. The molecule has 1 atom stereocenters. The molecule has 140 valence electrons. The number of thiophene rings is 1. The highest BCUT2D eigenvalue weighted by Gasteiger charge is 2.14. The summed E-state index contributed by atoms with van der Waals surface area (Å²) < 4.78 is 1.36. The molecule has 4 rings (SSSR count). The molecule has 0 aliphatic carbocycles. The van der Waals surface area contributed by atoms with Crippen molar-refractivity contribution in [2.24, 2.45) is 0 Å². The maximum Gasteiger partial charge on any atom is 0.262 e. The average Bonchev–Trinajstić information content (AvgIpc) is 3.17. The van der Waals surface area contributed by atoms with Crippen LogP contribution in [-0.2, 0) is 11.3 Å². The number of carbonyl (C=O) groups is 1. The minimum absolute atomic E-state index is 0.0601. The number of rotatable bonds is 5. The number of aromatic nitrogens is 2. The molecule has 6 heteroatoms. The number of amides is 1. The van der Waals surface area contributed by atoms with Gasteiger partial charge in [0.25, 0.3) is 5.56 Å². The molecule has 0 bridgehead atoms. The van der Waals surface area contributed by atoms with E-state index in [0.29, 0.717) is 10.2 Å². The Labute approximate surface area is 166 Å². The second-order valence-electron chi connectivity index (χ2n) is 6.57.